The fraction of sp³-hybridized carbons (Fsp3) is 0.471. The number of carbonyl (C=O) groups excluding carboxylic acids is 1. The van der Waals surface area contributed by atoms with Gasteiger partial charge < -0.3 is 19.6 Å². The number of fused-ring (bicyclic) bond motifs is 1. The molecule has 22 heavy (non-hydrogen) atoms. The highest BCUT2D eigenvalue weighted by molar-refractivity contribution is 5.88. The summed E-state index contributed by atoms with van der Waals surface area (Å²) in [7, 11) is 1.58. The van der Waals surface area contributed by atoms with Crippen LogP contribution in [0, 0.1) is 6.92 Å². The monoisotopic (exact) mass is 303 g/mol. The number of amides is 1. The maximum absolute atomic E-state index is 12.2. The number of aryl methyl sites for hydroxylation is 1. The lowest BCUT2D eigenvalue weighted by Gasteiger charge is -2.19. The van der Waals surface area contributed by atoms with Crippen LogP contribution >= 0.6 is 0 Å². The van der Waals surface area contributed by atoms with Gasteiger partial charge in [0.15, 0.2) is 0 Å². The van der Waals surface area contributed by atoms with E-state index in [1.54, 1.807) is 13.4 Å². The fourth-order valence-electron chi connectivity index (χ4n) is 3.12. The SMILES string of the molecule is CO[C@@H]1CC[C@@H](NC(=O)Cc2coc3cc(C)ccc23)[C@H]1O. The van der Waals surface area contributed by atoms with E-state index in [1.807, 2.05) is 25.1 Å². The van der Waals surface area contributed by atoms with Crippen LogP contribution in [0.3, 0.4) is 0 Å². The van der Waals surface area contributed by atoms with Gasteiger partial charge in [-0.1, -0.05) is 12.1 Å². The van der Waals surface area contributed by atoms with Crippen LogP contribution in [0.2, 0.25) is 0 Å². The van der Waals surface area contributed by atoms with Gasteiger partial charge >= 0.3 is 0 Å². The average Bonchev–Trinajstić information content (AvgIpc) is 3.03. The molecule has 1 aromatic heterocycles. The van der Waals surface area contributed by atoms with Crippen molar-refractivity contribution in [3.05, 3.63) is 35.6 Å². The molecule has 3 atom stereocenters. The summed E-state index contributed by atoms with van der Waals surface area (Å²) in [4.78, 5) is 12.2. The summed E-state index contributed by atoms with van der Waals surface area (Å²) in [5, 5.41) is 13.9. The van der Waals surface area contributed by atoms with Gasteiger partial charge in [-0.25, -0.2) is 0 Å². The third-order valence-electron chi connectivity index (χ3n) is 4.37. The lowest BCUT2D eigenvalue weighted by atomic mass is 10.1. The number of hydrogen-bond acceptors (Lipinski definition) is 4. The summed E-state index contributed by atoms with van der Waals surface area (Å²) in [5.41, 5.74) is 2.78. The van der Waals surface area contributed by atoms with Gasteiger partial charge in [0.25, 0.3) is 0 Å². The van der Waals surface area contributed by atoms with Crippen molar-refractivity contribution < 1.29 is 19.1 Å². The minimum atomic E-state index is -0.641. The molecular formula is C17H21NO4. The topological polar surface area (TPSA) is 71.7 Å². The van der Waals surface area contributed by atoms with Crippen molar-refractivity contribution in [3.63, 3.8) is 0 Å². The molecule has 5 heteroatoms. The fourth-order valence-corrected chi connectivity index (χ4v) is 3.12. The van der Waals surface area contributed by atoms with Crippen LogP contribution in [-0.2, 0) is 16.0 Å². The second-order valence-electron chi connectivity index (χ2n) is 5.95. The Balaban J connectivity index is 1.66. The molecule has 1 aliphatic rings. The van der Waals surface area contributed by atoms with Crippen LogP contribution in [0.4, 0.5) is 0 Å². The molecule has 1 amide bonds. The summed E-state index contributed by atoms with van der Waals surface area (Å²) < 4.78 is 10.7. The molecule has 0 unspecified atom stereocenters. The zero-order chi connectivity index (χ0) is 15.7. The molecule has 0 spiro atoms. The first kappa shape index (κ1) is 15.1. The minimum absolute atomic E-state index is 0.107. The Kier molecular flexibility index (Phi) is 4.18. The van der Waals surface area contributed by atoms with Gasteiger partial charge in [0, 0.05) is 18.1 Å². The van der Waals surface area contributed by atoms with Crippen molar-refractivity contribution in [3.8, 4) is 0 Å². The van der Waals surface area contributed by atoms with Crippen molar-refractivity contribution in [1.29, 1.82) is 0 Å². The summed E-state index contributed by atoms with van der Waals surface area (Å²) in [6.07, 6.45) is 2.54. The van der Waals surface area contributed by atoms with Crippen LogP contribution in [0.15, 0.2) is 28.9 Å². The van der Waals surface area contributed by atoms with Crippen LogP contribution in [0.1, 0.15) is 24.0 Å². The second-order valence-corrected chi connectivity index (χ2v) is 5.95. The highest BCUT2D eigenvalue weighted by Crippen LogP contribution is 2.24. The predicted molar refractivity (Wildman–Crippen MR) is 82.6 cm³/mol. The quantitative estimate of drug-likeness (QED) is 0.905. The van der Waals surface area contributed by atoms with E-state index in [1.165, 1.54) is 0 Å². The van der Waals surface area contributed by atoms with Crippen LogP contribution < -0.4 is 5.32 Å². The number of carbonyl (C=O) groups is 1. The van der Waals surface area contributed by atoms with Gasteiger partial charge in [-0.3, -0.25) is 4.79 Å². The number of aliphatic hydroxyl groups is 1. The zero-order valence-electron chi connectivity index (χ0n) is 12.8. The van der Waals surface area contributed by atoms with E-state index in [9.17, 15) is 9.90 Å². The molecule has 3 rings (SSSR count). The molecular weight excluding hydrogens is 282 g/mol. The molecule has 0 radical (unpaired) electrons. The largest absolute Gasteiger partial charge is 0.464 e. The van der Waals surface area contributed by atoms with E-state index < -0.39 is 6.10 Å². The molecule has 0 aliphatic heterocycles. The molecule has 1 aromatic carbocycles. The number of benzene rings is 1. The highest BCUT2D eigenvalue weighted by atomic mass is 16.5. The van der Waals surface area contributed by atoms with E-state index in [0.717, 1.165) is 34.9 Å². The number of hydrogen-bond donors (Lipinski definition) is 2. The minimum Gasteiger partial charge on any atom is -0.464 e. The Morgan fingerprint density at radius 2 is 2.27 bits per heavy atom. The van der Waals surface area contributed by atoms with Gasteiger partial charge in [-0.05, 0) is 31.4 Å². The van der Waals surface area contributed by atoms with E-state index in [2.05, 4.69) is 5.32 Å². The molecule has 0 bridgehead atoms. The lowest BCUT2D eigenvalue weighted by molar-refractivity contribution is -0.122. The molecule has 1 saturated carbocycles. The summed E-state index contributed by atoms with van der Waals surface area (Å²) in [5.74, 6) is -0.107. The third-order valence-corrected chi connectivity index (χ3v) is 4.37. The molecule has 2 N–H and O–H groups in total. The average molecular weight is 303 g/mol. The van der Waals surface area contributed by atoms with E-state index >= 15 is 0 Å². The molecule has 1 aliphatic carbocycles. The normalized spacial score (nSPS) is 24.8. The van der Waals surface area contributed by atoms with Crippen molar-refractivity contribution in [2.45, 2.75) is 44.4 Å². The van der Waals surface area contributed by atoms with Gasteiger partial charge in [0.2, 0.25) is 5.91 Å². The predicted octanol–water partition coefficient (Wildman–Crippen LogP) is 1.94. The molecule has 118 valence electrons. The summed E-state index contributed by atoms with van der Waals surface area (Å²) >= 11 is 0. The maximum atomic E-state index is 12.2. The first-order chi connectivity index (χ1) is 10.6. The first-order valence-electron chi connectivity index (χ1n) is 7.55. The van der Waals surface area contributed by atoms with Crippen LogP contribution in [0.5, 0.6) is 0 Å². The number of nitrogens with one attached hydrogen (secondary N) is 1. The van der Waals surface area contributed by atoms with Gasteiger partial charge in [0.1, 0.15) is 11.7 Å². The van der Waals surface area contributed by atoms with Crippen molar-refractivity contribution in [2.75, 3.05) is 7.11 Å². The highest BCUT2D eigenvalue weighted by Gasteiger charge is 2.35. The number of methoxy groups -OCH3 is 1. The number of aliphatic hydroxyl groups excluding tert-OH is 1. The standard InChI is InChI=1S/C17H21NO4/c1-10-3-4-12-11(9-22-15(12)7-10)8-16(19)18-13-5-6-14(21-2)17(13)20/h3-4,7,9,13-14,17,20H,5-6,8H2,1-2H3,(H,18,19)/t13-,14-,17-/m1/s1. The molecule has 5 nitrogen and oxygen atoms in total. The smallest absolute Gasteiger partial charge is 0.224 e. The number of rotatable bonds is 4. The number of furan rings is 1. The van der Waals surface area contributed by atoms with Crippen LogP contribution in [0.25, 0.3) is 11.0 Å². The van der Waals surface area contributed by atoms with Gasteiger partial charge in [-0.2, -0.15) is 0 Å². The summed E-state index contributed by atoms with van der Waals surface area (Å²) in [6.45, 7) is 2.00. The van der Waals surface area contributed by atoms with Gasteiger partial charge in [0.05, 0.1) is 24.8 Å². The van der Waals surface area contributed by atoms with E-state index in [4.69, 9.17) is 9.15 Å². The Hall–Kier alpha value is -1.85. The third kappa shape index (κ3) is 2.87. The molecule has 2 aromatic rings. The molecule has 0 saturated heterocycles. The van der Waals surface area contributed by atoms with Crippen LogP contribution in [-0.4, -0.2) is 36.4 Å². The second kappa shape index (κ2) is 6.10. The summed E-state index contributed by atoms with van der Waals surface area (Å²) in [6, 6.07) is 5.70. The Morgan fingerprint density at radius 3 is 3.00 bits per heavy atom. The van der Waals surface area contributed by atoms with E-state index in [0.29, 0.717) is 0 Å². The Bertz CT molecular complexity index is 678. The lowest BCUT2D eigenvalue weighted by Crippen LogP contribution is -2.43. The first-order valence-corrected chi connectivity index (χ1v) is 7.55. The van der Waals surface area contributed by atoms with Crippen molar-refractivity contribution in [2.24, 2.45) is 0 Å². The maximum Gasteiger partial charge on any atom is 0.224 e. The zero-order valence-corrected chi connectivity index (χ0v) is 12.8. The molecule has 1 fully saturated rings. The molecule has 1 heterocycles. The van der Waals surface area contributed by atoms with E-state index in [-0.39, 0.29) is 24.5 Å². The number of ether oxygens (including phenoxy) is 1. The Morgan fingerprint density at radius 1 is 1.45 bits per heavy atom. The van der Waals surface area contributed by atoms with Crippen molar-refractivity contribution in [1.82, 2.24) is 5.32 Å². The van der Waals surface area contributed by atoms with Crippen molar-refractivity contribution >= 4 is 16.9 Å². The van der Waals surface area contributed by atoms with Gasteiger partial charge in [-0.15, -0.1) is 0 Å². The Labute approximate surface area is 129 Å².